The van der Waals surface area contributed by atoms with E-state index in [9.17, 15) is 24.7 Å². The van der Waals surface area contributed by atoms with E-state index in [0.29, 0.717) is 0 Å². The fraction of sp³-hybridized carbons (Fsp3) is 0.786. The van der Waals surface area contributed by atoms with Crippen LogP contribution in [-0.4, -0.2) is 57.7 Å². The van der Waals surface area contributed by atoms with Crippen molar-refractivity contribution < 1.29 is 24.7 Å². The number of rotatable bonds is 7. The highest BCUT2D eigenvalue weighted by atomic mass is 32.1. The summed E-state index contributed by atoms with van der Waals surface area (Å²) in [6.45, 7) is 7.22. The molecule has 0 bridgehead atoms. The molecule has 0 saturated heterocycles. The average molecular weight is 349 g/mol. The van der Waals surface area contributed by atoms with Crippen LogP contribution in [0.4, 0.5) is 4.79 Å². The molecule has 0 fully saturated rings. The number of hydrogen-bond donors (Lipinski definition) is 5. The van der Waals surface area contributed by atoms with Gasteiger partial charge in [0.05, 0.1) is 5.92 Å². The Bertz CT molecular complexity index is 437. The molecular weight excluding hydrogens is 322 g/mol. The molecule has 0 rings (SSSR count). The number of nitrogens with one attached hydrogen (secondary N) is 2. The number of carbonyl (C=O) groups excluding carboxylic acids is 3. The number of thiol groups is 1. The van der Waals surface area contributed by atoms with Gasteiger partial charge in [-0.25, -0.2) is 4.79 Å². The molecule has 0 radical (unpaired) electrons. The maximum Gasteiger partial charge on any atom is 0.348 e. The van der Waals surface area contributed by atoms with E-state index in [0.717, 1.165) is 0 Å². The highest BCUT2D eigenvalue weighted by Crippen LogP contribution is 2.18. The first-order valence-electron chi connectivity index (χ1n) is 7.33. The number of aliphatic hydroxyl groups is 1. The fourth-order valence-electron chi connectivity index (χ4n) is 1.84. The second-order valence-electron chi connectivity index (χ2n) is 6.42. The van der Waals surface area contributed by atoms with Crippen LogP contribution in [0.25, 0.3) is 0 Å². The zero-order chi connectivity index (χ0) is 18.4. The summed E-state index contributed by atoms with van der Waals surface area (Å²) in [5.41, 5.74) is 0. The Morgan fingerprint density at radius 3 is 2.17 bits per heavy atom. The molecule has 134 valence electrons. The Morgan fingerprint density at radius 2 is 1.78 bits per heavy atom. The highest BCUT2D eigenvalue weighted by molar-refractivity contribution is 7.81. The van der Waals surface area contributed by atoms with E-state index in [1.54, 1.807) is 13.8 Å². The van der Waals surface area contributed by atoms with E-state index in [-0.39, 0.29) is 23.9 Å². The molecule has 0 heterocycles. The zero-order valence-corrected chi connectivity index (χ0v) is 15.1. The van der Waals surface area contributed by atoms with Gasteiger partial charge in [-0.2, -0.15) is 12.6 Å². The van der Waals surface area contributed by atoms with Gasteiger partial charge in [-0.05, 0) is 26.2 Å². The van der Waals surface area contributed by atoms with Gasteiger partial charge in [-0.15, -0.1) is 5.06 Å². The number of imide groups is 1. The largest absolute Gasteiger partial charge is 0.382 e. The molecule has 8 nitrogen and oxygen atoms in total. The van der Waals surface area contributed by atoms with Crippen LogP contribution < -0.4 is 10.6 Å². The second-order valence-corrected chi connectivity index (χ2v) is 7.63. The quantitative estimate of drug-likeness (QED) is 0.259. The minimum absolute atomic E-state index is 0.0331. The summed E-state index contributed by atoms with van der Waals surface area (Å²) in [4.78, 5) is 35.5. The smallest absolute Gasteiger partial charge is 0.348 e. The number of hydrogen-bond acceptors (Lipinski definition) is 6. The van der Waals surface area contributed by atoms with Crippen LogP contribution in [-0.2, 0) is 9.59 Å². The number of urea groups is 1. The van der Waals surface area contributed by atoms with Crippen molar-refractivity contribution in [2.75, 3.05) is 13.6 Å². The second kappa shape index (κ2) is 9.09. The monoisotopic (exact) mass is 349 g/mol. The Hall–Kier alpha value is -1.32. The van der Waals surface area contributed by atoms with E-state index in [2.05, 4.69) is 23.3 Å². The van der Waals surface area contributed by atoms with Crippen molar-refractivity contribution in [2.45, 2.75) is 45.0 Å². The van der Waals surface area contributed by atoms with Crippen LogP contribution in [0, 0.1) is 11.8 Å². The predicted molar refractivity (Wildman–Crippen MR) is 88.1 cm³/mol. The maximum absolute atomic E-state index is 12.0. The van der Waals surface area contributed by atoms with E-state index in [4.69, 9.17) is 0 Å². The van der Waals surface area contributed by atoms with Crippen LogP contribution in [0.1, 0.15) is 34.1 Å². The molecule has 4 N–H and O–H groups in total. The van der Waals surface area contributed by atoms with E-state index in [1.165, 1.54) is 7.05 Å². The lowest BCUT2D eigenvalue weighted by Gasteiger charge is -2.25. The first kappa shape index (κ1) is 21.7. The molecule has 0 saturated carbocycles. The molecule has 23 heavy (non-hydrogen) atoms. The summed E-state index contributed by atoms with van der Waals surface area (Å²) in [5, 5.41) is 24.2. The number of nitrogens with zero attached hydrogens (tertiary/aromatic N) is 1. The van der Waals surface area contributed by atoms with Crippen LogP contribution in [0.2, 0.25) is 0 Å². The lowest BCUT2D eigenvalue weighted by atomic mass is 9.90. The van der Waals surface area contributed by atoms with Gasteiger partial charge < -0.3 is 15.7 Å². The van der Waals surface area contributed by atoms with Gasteiger partial charge in [0.25, 0.3) is 5.91 Å². The van der Waals surface area contributed by atoms with Crippen molar-refractivity contribution in [1.82, 2.24) is 15.7 Å². The molecule has 0 unspecified atom stereocenters. The van der Waals surface area contributed by atoms with Crippen LogP contribution >= 0.6 is 12.6 Å². The first-order valence-corrected chi connectivity index (χ1v) is 7.78. The minimum atomic E-state index is -1.82. The van der Waals surface area contributed by atoms with Gasteiger partial charge in [0.15, 0.2) is 0 Å². The van der Waals surface area contributed by atoms with Gasteiger partial charge >= 0.3 is 6.03 Å². The number of carbonyl (C=O) groups is 3. The third-order valence-electron chi connectivity index (χ3n) is 3.02. The Balaban J connectivity index is 4.94. The molecule has 9 heteroatoms. The lowest BCUT2D eigenvalue weighted by molar-refractivity contribution is -0.167. The number of aliphatic hydroxyl groups excluding tert-OH is 1. The molecule has 0 spiro atoms. The van der Waals surface area contributed by atoms with Gasteiger partial charge in [-0.3, -0.25) is 14.8 Å². The molecule has 2 atom stereocenters. The van der Waals surface area contributed by atoms with Gasteiger partial charge in [0, 0.05) is 18.3 Å². The standard InChI is InChI=1S/C14H27N3O5S/c1-8(2)6-9(11(19)15-5)10(18)12(20)17(22)13(21)16-7-14(3,4)23/h8-10,18,22-23H,6-7H2,1-5H3,(H,15,19)(H,16,21)/t9-,10+/m1/s1. The highest BCUT2D eigenvalue weighted by Gasteiger charge is 2.36. The summed E-state index contributed by atoms with van der Waals surface area (Å²) >= 11 is 4.20. The molecule has 0 aliphatic rings. The SMILES string of the molecule is CNC(=O)[C@H](CC(C)C)[C@H](O)C(=O)N(O)C(=O)NCC(C)(C)S. The third kappa shape index (κ3) is 7.67. The minimum Gasteiger partial charge on any atom is -0.382 e. The van der Waals surface area contributed by atoms with Crippen molar-refractivity contribution in [2.24, 2.45) is 11.8 Å². The molecule has 4 amide bonds. The van der Waals surface area contributed by atoms with E-state index in [1.807, 2.05) is 13.8 Å². The summed E-state index contributed by atoms with van der Waals surface area (Å²) in [5.74, 6) is -2.82. The Morgan fingerprint density at radius 1 is 1.26 bits per heavy atom. The summed E-state index contributed by atoms with van der Waals surface area (Å²) in [6, 6.07) is -1.09. The summed E-state index contributed by atoms with van der Waals surface area (Å²) in [7, 11) is 1.38. The van der Waals surface area contributed by atoms with Crippen LogP contribution in [0.15, 0.2) is 0 Å². The van der Waals surface area contributed by atoms with Crippen LogP contribution in [0.3, 0.4) is 0 Å². The predicted octanol–water partition coefficient (Wildman–Crippen LogP) is 0.391. The summed E-state index contributed by atoms with van der Waals surface area (Å²) < 4.78 is -0.541. The number of amides is 4. The molecule has 0 aromatic carbocycles. The van der Waals surface area contributed by atoms with Gasteiger partial charge in [-0.1, -0.05) is 13.8 Å². The number of hydroxylamine groups is 2. The maximum atomic E-state index is 12.0. The van der Waals surface area contributed by atoms with Gasteiger partial charge in [0.2, 0.25) is 5.91 Å². The zero-order valence-electron chi connectivity index (χ0n) is 14.2. The van der Waals surface area contributed by atoms with Crippen LogP contribution in [0.5, 0.6) is 0 Å². The summed E-state index contributed by atoms with van der Waals surface area (Å²) in [6.07, 6.45) is -1.59. The van der Waals surface area contributed by atoms with E-state index < -0.39 is 34.6 Å². The van der Waals surface area contributed by atoms with E-state index >= 15 is 0 Å². The third-order valence-corrected chi connectivity index (χ3v) is 3.17. The molecule has 0 aliphatic heterocycles. The normalized spacial score (nSPS) is 14.1. The first-order chi connectivity index (χ1) is 10.4. The Labute approximate surface area is 142 Å². The van der Waals surface area contributed by atoms with Crippen molar-refractivity contribution in [1.29, 1.82) is 0 Å². The lowest BCUT2D eigenvalue weighted by Crippen LogP contribution is -2.51. The van der Waals surface area contributed by atoms with Crippen molar-refractivity contribution in [3.63, 3.8) is 0 Å². The fourth-order valence-corrected chi connectivity index (χ4v) is 1.92. The molecule has 0 aliphatic carbocycles. The average Bonchev–Trinajstić information content (AvgIpc) is 2.46. The topological polar surface area (TPSA) is 119 Å². The Kier molecular flexibility index (Phi) is 8.57. The molecule has 0 aromatic heterocycles. The van der Waals surface area contributed by atoms with Crippen molar-refractivity contribution in [3.8, 4) is 0 Å². The molecular formula is C14H27N3O5S. The molecule has 0 aromatic rings. The van der Waals surface area contributed by atoms with Gasteiger partial charge in [0.1, 0.15) is 6.10 Å². The van der Waals surface area contributed by atoms with Crippen molar-refractivity contribution >= 4 is 30.5 Å². The van der Waals surface area contributed by atoms with Crippen molar-refractivity contribution in [3.05, 3.63) is 0 Å².